The third-order valence-corrected chi connectivity index (χ3v) is 5.16. The Balaban J connectivity index is 1.71. The maximum atomic E-state index is 13.0. The number of likely N-dealkylation sites (tertiary alicyclic amines) is 2. The number of rotatable bonds is 3. The molecule has 0 bridgehead atoms. The minimum Gasteiger partial charge on any atom is -0.339 e. The first-order valence-electron chi connectivity index (χ1n) is 8.47. The van der Waals surface area contributed by atoms with Crippen molar-refractivity contribution in [3.63, 3.8) is 0 Å². The highest BCUT2D eigenvalue weighted by Crippen LogP contribution is 2.25. The van der Waals surface area contributed by atoms with Crippen molar-refractivity contribution in [2.24, 2.45) is 5.73 Å². The average Bonchev–Trinajstić information content (AvgIpc) is 3.09. The van der Waals surface area contributed by atoms with Crippen LogP contribution in [0.5, 0.6) is 0 Å². The summed E-state index contributed by atoms with van der Waals surface area (Å²) in [7, 11) is 0. The van der Waals surface area contributed by atoms with Crippen LogP contribution >= 0.6 is 0 Å². The van der Waals surface area contributed by atoms with Gasteiger partial charge in [0.2, 0.25) is 5.91 Å². The molecule has 2 unspecified atom stereocenters. The van der Waals surface area contributed by atoms with Crippen LogP contribution in [0.4, 0.5) is 0 Å². The SMILES string of the molecule is CC(N)(C(=O)N1CCCC(N2CCCC2)C1)c1ccccc1. The van der Waals surface area contributed by atoms with E-state index in [-0.39, 0.29) is 5.91 Å². The molecule has 2 heterocycles. The van der Waals surface area contributed by atoms with Gasteiger partial charge >= 0.3 is 0 Å². The van der Waals surface area contributed by atoms with Gasteiger partial charge in [-0.05, 0) is 51.3 Å². The summed E-state index contributed by atoms with van der Waals surface area (Å²) in [5.41, 5.74) is 6.36. The van der Waals surface area contributed by atoms with Gasteiger partial charge in [-0.25, -0.2) is 0 Å². The fourth-order valence-electron chi connectivity index (χ4n) is 3.78. The Bertz CT molecular complexity index is 508. The molecule has 4 heteroatoms. The molecule has 2 fully saturated rings. The summed E-state index contributed by atoms with van der Waals surface area (Å²) >= 11 is 0. The molecule has 1 aromatic rings. The molecule has 2 aliphatic rings. The summed E-state index contributed by atoms with van der Waals surface area (Å²) in [5, 5.41) is 0. The van der Waals surface area contributed by atoms with E-state index < -0.39 is 5.54 Å². The molecular weight excluding hydrogens is 274 g/mol. The van der Waals surface area contributed by atoms with Gasteiger partial charge in [0.15, 0.2) is 0 Å². The molecule has 3 rings (SSSR count). The molecule has 120 valence electrons. The molecule has 0 aliphatic carbocycles. The molecule has 2 aliphatic heterocycles. The predicted octanol–water partition coefficient (Wildman–Crippen LogP) is 1.95. The molecule has 1 amide bonds. The van der Waals surface area contributed by atoms with Crippen molar-refractivity contribution in [2.75, 3.05) is 26.2 Å². The maximum Gasteiger partial charge on any atom is 0.247 e. The second-order valence-corrected chi connectivity index (χ2v) is 6.86. The number of nitrogens with zero attached hydrogens (tertiary/aromatic N) is 2. The fourth-order valence-corrected chi connectivity index (χ4v) is 3.78. The van der Waals surface area contributed by atoms with E-state index in [1.165, 1.54) is 32.4 Å². The van der Waals surface area contributed by atoms with E-state index >= 15 is 0 Å². The minimum absolute atomic E-state index is 0.0580. The van der Waals surface area contributed by atoms with Crippen LogP contribution in [0.3, 0.4) is 0 Å². The molecule has 0 saturated carbocycles. The van der Waals surface area contributed by atoms with Crippen LogP contribution in [-0.4, -0.2) is 47.9 Å². The van der Waals surface area contributed by atoms with Crippen LogP contribution in [0.15, 0.2) is 30.3 Å². The van der Waals surface area contributed by atoms with Gasteiger partial charge in [-0.15, -0.1) is 0 Å². The first kappa shape index (κ1) is 15.5. The molecular formula is C18H27N3O. The normalized spacial score (nSPS) is 25.9. The van der Waals surface area contributed by atoms with E-state index in [2.05, 4.69) is 4.90 Å². The van der Waals surface area contributed by atoms with Gasteiger partial charge in [0.05, 0.1) is 0 Å². The molecule has 0 spiro atoms. The summed E-state index contributed by atoms with van der Waals surface area (Å²) in [6.45, 7) is 5.88. The number of hydrogen-bond acceptors (Lipinski definition) is 3. The monoisotopic (exact) mass is 301 g/mol. The standard InChI is InChI=1S/C18H27N3O/c1-18(19,15-8-3-2-4-9-15)17(22)21-13-7-10-16(14-21)20-11-5-6-12-20/h2-4,8-9,16H,5-7,10-14,19H2,1H3. The number of carbonyl (C=O) groups is 1. The third-order valence-electron chi connectivity index (χ3n) is 5.16. The number of carbonyl (C=O) groups excluding carboxylic acids is 1. The predicted molar refractivity (Wildman–Crippen MR) is 88.4 cm³/mol. The molecule has 4 nitrogen and oxygen atoms in total. The van der Waals surface area contributed by atoms with Gasteiger partial charge in [-0.2, -0.15) is 0 Å². The van der Waals surface area contributed by atoms with Crippen LogP contribution in [0.25, 0.3) is 0 Å². The van der Waals surface area contributed by atoms with Crippen LogP contribution < -0.4 is 5.73 Å². The second-order valence-electron chi connectivity index (χ2n) is 6.86. The van der Waals surface area contributed by atoms with E-state index in [1.54, 1.807) is 0 Å². The molecule has 2 N–H and O–H groups in total. The zero-order valence-electron chi connectivity index (χ0n) is 13.5. The van der Waals surface area contributed by atoms with E-state index in [1.807, 2.05) is 42.2 Å². The van der Waals surface area contributed by atoms with E-state index in [0.29, 0.717) is 6.04 Å². The van der Waals surface area contributed by atoms with Crippen LogP contribution in [0.2, 0.25) is 0 Å². The molecule has 2 atom stereocenters. The highest BCUT2D eigenvalue weighted by Gasteiger charge is 2.37. The lowest BCUT2D eigenvalue weighted by atomic mass is 9.90. The highest BCUT2D eigenvalue weighted by atomic mass is 16.2. The zero-order valence-corrected chi connectivity index (χ0v) is 13.5. The van der Waals surface area contributed by atoms with Gasteiger partial charge in [0.1, 0.15) is 5.54 Å². The largest absolute Gasteiger partial charge is 0.339 e. The Morgan fingerprint density at radius 1 is 1.14 bits per heavy atom. The average molecular weight is 301 g/mol. The number of hydrogen-bond donors (Lipinski definition) is 1. The second kappa shape index (κ2) is 6.39. The van der Waals surface area contributed by atoms with Gasteiger partial charge in [0.25, 0.3) is 0 Å². The summed E-state index contributed by atoms with van der Waals surface area (Å²) in [6, 6.07) is 10.2. The number of amides is 1. The lowest BCUT2D eigenvalue weighted by Gasteiger charge is -2.40. The van der Waals surface area contributed by atoms with Crippen LogP contribution in [0, 0.1) is 0 Å². The molecule has 1 aromatic carbocycles. The van der Waals surface area contributed by atoms with Crippen molar-refractivity contribution in [3.05, 3.63) is 35.9 Å². The molecule has 0 aromatic heterocycles. The Labute approximate surface area is 133 Å². The van der Waals surface area contributed by atoms with E-state index in [9.17, 15) is 4.79 Å². The summed E-state index contributed by atoms with van der Waals surface area (Å²) in [4.78, 5) is 17.5. The topological polar surface area (TPSA) is 49.6 Å². The van der Waals surface area contributed by atoms with Crippen molar-refractivity contribution in [1.82, 2.24) is 9.80 Å². The summed E-state index contributed by atoms with van der Waals surface area (Å²) in [6.07, 6.45) is 4.88. The maximum absolute atomic E-state index is 13.0. The van der Waals surface area contributed by atoms with Crippen molar-refractivity contribution in [2.45, 2.75) is 44.2 Å². The zero-order chi connectivity index (χ0) is 15.6. The minimum atomic E-state index is -0.936. The lowest BCUT2D eigenvalue weighted by Crippen LogP contribution is -2.56. The van der Waals surface area contributed by atoms with E-state index in [4.69, 9.17) is 5.73 Å². The van der Waals surface area contributed by atoms with Gasteiger partial charge < -0.3 is 10.6 Å². The highest BCUT2D eigenvalue weighted by molar-refractivity contribution is 5.87. The van der Waals surface area contributed by atoms with Gasteiger partial charge in [-0.1, -0.05) is 30.3 Å². The Morgan fingerprint density at radius 2 is 1.82 bits per heavy atom. The Morgan fingerprint density at radius 3 is 2.50 bits per heavy atom. The third kappa shape index (κ3) is 3.03. The first-order valence-corrected chi connectivity index (χ1v) is 8.47. The van der Waals surface area contributed by atoms with Gasteiger partial charge in [0, 0.05) is 19.1 Å². The first-order chi connectivity index (χ1) is 10.6. The smallest absolute Gasteiger partial charge is 0.247 e. The molecule has 22 heavy (non-hydrogen) atoms. The van der Waals surface area contributed by atoms with Crippen molar-refractivity contribution in [3.8, 4) is 0 Å². The number of piperidine rings is 1. The van der Waals surface area contributed by atoms with Gasteiger partial charge in [-0.3, -0.25) is 9.69 Å². The van der Waals surface area contributed by atoms with Crippen molar-refractivity contribution < 1.29 is 4.79 Å². The Kier molecular flexibility index (Phi) is 4.50. The number of benzene rings is 1. The summed E-state index contributed by atoms with van der Waals surface area (Å²) in [5.74, 6) is 0.0580. The summed E-state index contributed by atoms with van der Waals surface area (Å²) < 4.78 is 0. The van der Waals surface area contributed by atoms with Crippen LogP contribution in [-0.2, 0) is 10.3 Å². The van der Waals surface area contributed by atoms with Crippen LogP contribution in [0.1, 0.15) is 38.2 Å². The van der Waals surface area contributed by atoms with Crippen molar-refractivity contribution in [1.29, 1.82) is 0 Å². The molecule has 2 saturated heterocycles. The number of nitrogens with two attached hydrogens (primary N) is 1. The Hall–Kier alpha value is -1.39. The lowest BCUT2D eigenvalue weighted by molar-refractivity contribution is -0.138. The quantitative estimate of drug-likeness (QED) is 0.928. The molecule has 0 radical (unpaired) electrons. The van der Waals surface area contributed by atoms with E-state index in [0.717, 1.165) is 25.1 Å². The fraction of sp³-hybridized carbons (Fsp3) is 0.611. The van der Waals surface area contributed by atoms with Crippen molar-refractivity contribution >= 4 is 5.91 Å².